The van der Waals surface area contributed by atoms with Gasteiger partial charge in [-0.25, -0.2) is 0 Å². The Hall–Kier alpha value is -0.850. The van der Waals surface area contributed by atoms with Crippen LogP contribution in [-0.4, -0.2) is 46.3 Å². The topological polar surface area (TPSA) is 60.8 Å². The first kappa shape index (κ1) is 14.1. The van der Waals surface area contributed by atoms with Crippen molar-refractivity contribution in [1.29, 1.82) is 0 Å². The predicted molar refractivity (Wildman–Crippen MR) is 79.8 cm³/mol. The summed E-state index contributed by atoms with van der Waals surface area (Å²) in [6.07, 6.45) is -1.80. The molecular formula is C13H11Cl2NO3S. The van der Waals surface area contributed by atoms with Gasteiger partial charge in [-0.1, -0.05) is 29.3 Å². The monoisotopic (exact) mass is 331 g/mol. The fourth-order valence-corrected chi connectivity index (χ4v) is 4.01. The van der Waals surface area contributed by atoms with Crippen LogP contribution in [0.5, 0.6) is 0 Å². The van der Waals surface area contributed by atoms with E-state index in [1.165, 1.54) is 16.2 Å². The molecule has 1 aromatic carbocycles. The van der Waals surface area contributed by atoms with Crippen molar-refractivity contribution in [2.24, 2.45) is 0 Å². The van der Waals surface area contributed by atoms with Crippen LogP contribution >= 0.6 is 34.5 Å². The first-order valence-corrected chi connectivity index (χ1v) is 7.57. The van der Waals surface area contributed by atoms with Crippen molar-refractivity contribution < 1.29 is 15.0 Å². The number of amides is 1. The van der Waals surface area contributed by atoms with Crippen molar-refractivity contribution in [2.45, 2.75) is 12.2 Å². The minimum atomic E-state index is -0.901. The van der Waals surface area contributed by atoms with Crippen LogP contribution in [0.25, 0.3) is 10.1 Å². The Morgan fingerprint density at radius 2 is 1.90 bits per heavy atom. The van der Waals surface area contributed by atoms with Gasteiger partial charge in [0, 0.05) is 28.2 Å². The van der Waals surface area contributed by atoms with E-state index in [4.69, 9.17) is 23.2 Å². The maximum Gasteiger partial charge on any atom is 0.265 e. The smallest absolute Gasteiger partial charge is 0.265 e. The largest absolute Gasteiger partial charge is 0.388 e. The van der Waals surface area contributed by atoms with E-state index < -0.39 is 12.2 Å². The Balaban J connectivity index is 1.98. The second-order valence-electron chi connectivity index (χ2n) is 4.73. The molecule has 1 amide bonds. The molecule has 2 atom stereocenters. The third kappa shape index (κ3) is 2.29. The predicted octanol–water partition coefficient (Wildman–Crippen LogP) is 2.39. The molecular weight excluding hydrogens is 321 g/mol. The molecule has 0 bridgehead atoms. The molecule has 7 heteroatoms. The van der Waals surface area contributed by atoms with E-state index in [0.717, 1.165) is 10.1 Å². The molecule has 20 heavy (non-hydrogen) atoms. The maximum absolute atomic E-state index is 12.4. The minimum absolute atomic E-state index is 0.116. The number of benzene rings is 1. The highest BCUT2D eigenvalue weighted by Gasteiger charge is 2.34. The number of carbonyl (C=O) groups excluding carboxylic acids is 1. The summed E-state index contributed by atoms with van der Waals surface area (Å²) in [7, 11) is 0. The first-order valence-electron chi connectivity index (χ1n) is 6.00. The summed E-state index contributed by atoms with van der Waals surface area (Å²) in [6.45, 7) is 0.233. The normalized spacial score (nSPS) is 22.7. The van der Waals surface area contributed by atoms with Crippen molar-refractivity contribution in [3.8, 4) is 0 Å². The van der Waals surface area contributed by atoms with Gasteiger partial charge in [-0.2, -0.15) is 0 Å². The Morgan fingerprint density at radius 3 is 2.55 bits per heavy atom. The standard InChI is InChI=1S/C13H11Cl2NO3S/c14-6-1-2-7-10(3-6)20-12(11(7)15)13(19)16-4-8(17)9(18)5-16/h1-3,8-9,17-18H,4-5H2/t8-,9+. The number of aliphatic hydroxyl groups excluding tert-OH is 2. The average molecular weight is 332 g/mol. The number of halogens is 2. The van der Waals surface area contributed by atoms with E-state index in [2.05, 4.69) is 0 Å². The van der Waals surface area contributed by atoms with Crippen LogP contribution in [0.3, 0.4) is 0 Å². The van der Waals surface area contributed by atoms with E-state index in [1.807, 2.05) is 0 Å². The lowest BCUT2D eigenvalue weighted by molar-refractivity contribution is 0.0572. The molecule has 2 N–H and O–H groups in total. The summed E-state index contributed by atoms with van der Waals surface area (Å²) < 4.78 is 0.839. The molecule has 1 aliphatic rings. The van der Waals surface area contributed by atoms with Gasteiger partial charge in [0.25, 0.3) is 5.91 Å². The number of hydrogen-bond donors (Lipinski definition) is 2. The summed E-state index contributed by atoms with van der Waals surface area (Å²) >= 11 is 13.4. The van der Waals surface area contributed by atoms with Gasteiger partial charge < -0.3 is 15.1 Å². The number of β-amino-alcohol motifs (C(OH)–C–C–N with tert-alkyl or cyclic N) is 2. The highest BCUT2D eigenvalue weighted by molar-refractivity contribution is 7.21. The zero-order chi connectivity index (χ0) is 14.4. The van der Waals surface area contributed by atoms with Crippen molar-refractivity contribution >= 4 is 50.5 Å². The Kier molecular flexibility index (Phi) is 3.64. The molecule has 0 spiro atoms. The molecule has 0 unspecified atom stereocenters. The summed E-state index contributed by atoms with van der Waals surface area (Å²) in [6, 6.07) is 5.26. The van der Waals surface area contributed by atoms with Crippen molar-refractivity contribution in [3.05, 3.63) is 33.1 Å². The van der Waals surface area contributed by atoms with Crippen molar-refractivity contribution in [2.75, 3.05) is 13.1 Å². The highest BCUT2D eigenvalue weighted by atomic mass is 35.5. The van der Waals surface area contributed by atoms with Gasteiger partial charge in [0.15, 0.2) is 0 Å². The van der Waals surface area contributed by atoms with Crippen LogP contribution < -0.4 is 0 Å². The number of thiophene rings is 1. The molecule has 106 valence electrons. The Labute approximate surface area is 129 Å². The second kappa shape index (κ2) is 5.16. The second-order valence-corrected chi connectivity index (χ2v) is 6.60. The molecule has 1 fully saturated rings. The Bertz CT molecular complexity index is 678. The van der Waals surface area contributed by atoms with E-state index >= 15 is 0 Å². The van der Waals surface area contributed by atoms with Gasteiger partial charge in [-0.3, -0.25) is 4.79 Å². The number of carbonyl (C=O) groups is 1. The van der Waals surface area contributed by atoms with Crippen molar-refractivity contribution in [3.63, 3.8) is 0 Å². The van der Waals surface area contributed by atoms with Crippen molar-refractivity contribution in [1.82, 2.24) is 4.90 Å². The van der Waals surface area contributed by atoms with E-state index in [-0.39, 0.29) is 19.0 Å². The minimum Gasteiger partial charge on any atom is -0.388 e. The van der Waals surface area contributed by atoms with Gasteiger partial charge in [0.2, 0.25) is 0 Å². The highest BCUT2D eigenvalue weighted by Crippen LogP contribution is 2.37. The van der Waals surface area contributed by atoms with E-state index in [0.29, 0.717) is 14.9 Å². The van der Waals surface area contributed by atoms with Crippen LogP contribution in [0.4, 0.5) is 0 Å². The zero-order valence-electron chi connectivity index (χ0n) is 10.2. The van der Waals surface area contributed by atoms with Gasteiger partial charge in [0.05, 0.1) is 17.2 Å². The molecule has 2 aromatic rings. The third-order valence-electron chi connectivity index (χ3n) is 3.33. The average Bonchev–Trinajstić information content (AvgIpc) is 2.90. The molecule has 0 radical (unpaired) electrons. The van der Waals surface area contributed by atoms with Crippen LogP contribution in [0.2, 0.25) is 10.0 Å². The summed E-state index contributed by atoms with van der Waals surface area (Å²) in [5.74, 6) is -0.275. The molecule has 1 aromatic heterocycles. The number of rotatable bonds is 1. The van der Waals surface area contributed by atoms with Crippen LogP contribution in [0.1, 0.15) is 9.67 Å². The molecule has 2 heterocycles. The first-order chi connectivity index (χ1) is 9.47. The Morgan fingerprint density at radius 1 is 1.25 bits per heavy atom. The fraction of sp³-hybridized carbons (Fsp3) is 0.308. The quantitative estimate of drug-likeness (QED) is 0.843. The molecule has 3 rings (SSSR count). The lowest BCUT2D eigenvalue weighted by Crippen LogP contribution is -2.29. The summed E-state index contributed by atoms with van der Waals surface area (Å²) in [5, 5.41) is 20.8. The summed E-state index contributed by atoms with van der Waals surface area (Å²) in [4.78, 5) is 14.2. The molecule has 1 aliphatic heterocycles. The zero-order valence-corrected chi connectivity index (χ0v) is 12.5. The lowest BCUT2D eigenvalue weighted by Gasteiger charge is -2.14. The van der Waals surface area contributed by atoms with Gasteiger partial charge in [-0.05, 0) is 12.1 Å². The molecule has 0 aliphatic carbocycles. The molecule has 4 nitrogen and oxygen atoms in total. The van der Waals surface area contributed by atoms with E-state index in [9.17, 15) is 15.0 Å². The third-order valence-corrected chi connectivity index (χ3v) is 5.21. The van der Waals surface area contributed by atoms with Crippen LogP contribution in [-0.2, 0) is 0 Å². The lowest BCUT2D eigenvalue weighted by atomic mass is 10.2. The van der Waals surface area contributed by atoms with Gasteiger partial charge in [-0.15, -0.1) is 11.3 Å². The maximum atomic E-state index is 12.4. The number of hydrogen-bond acceptors (Lipinski definition) is 4. The number of likely N-dealkylation sites (tertiary alicyclic amines) is 1. The van der Waals surface area contributed by atoms with Gasteiger partial charge >= 0.3 is 0 Å². The van der Waals surface area contributed by atoms with Gasteiger partial charge in [0.1, 0.15) is 4.88 Å². The van der Waals surface area contributed by atoms with Crippen LogP contribution in [0.15, 0.2) is 18.2 Å². The van der Waals surface area contributed by atoms with E-state index in [1.54, 1.807) is 18.2 Å². The molecule has 1 saturated heterocycles. The van der Waals surface area contributed by atoms with Crippen LogP contribution in [0, 0.1) is 0 Å². The fourth-order valence-electron chi connectivity index (χ4n) is 2.26. The number of aliphatic hydroxyl groups is 2. The summed E-state index contributed by atoms with van der Waals surface area (Å²) in [5.41, 5.74) is 0. The number of fused-ring (bicyclic) bond motifs is 1. The SMILES string of the molecule is O=C(c1sc2cc(Cl)ccc2c1Cl)N1C[C@@H](O)[C@@H](O)C1. The number of nitrogens with zero attached hydrogens (tertiary/aromatic N) is 1. The molecule has 0 saturated carbocycles.